The van der Waals surface area contributed by atoms with E-state index in [-0.39, 0.29) is 18.8 Å². The molecule has 1 amide bonds. The smallest absolute Gasteiger partial charge is 0.410 e. The monoisotopic (exact) mass is 273 g/mol. The predicted octanol–water partition coefficient (Wildman–Crippen LogP) is 2.17. The minimum absolute atomic E-state index is 0.0570. The maximum Gasteiger partial charge on any atom is 0.410 e. The highest BCUT2D eigenvalue weighted by atomic mass is 16.6. The number of carbonyl (C=O) groups is 1. The first-order valence-electron chi connectivity index (χ1n) is 7.13. The number of likely N-dealkylation sites (tertiary alicyclic amines) is 1. The van der Waals surface area contributed by atoms with Crippen LogP contribution >= 0.6 is 0 Å². The maximum atomic E-state index is 12.1. The van der Waals surface area contributed by atoms with Crippen LogP contribution in [0.4, 0.5) is 4.79 Å². The summed E-state index contributed by atoms with van der Waals surface area (Å²) in [6.07, 6.45) is 3.45. The lowest BCUT2D eigenvalue weighted by atomic mass is 10.2. The number of nitrogens with zero attached hydrogens (tertiary/aromatic N) is 1. The van der Waals surface area contributed by atoms with E-state index in [1.165, 1.54) is 0 Å². The van der Waals surface area contributed by atoms with Crippen molar-refractivity contribution in [2.75, 3.05) is 26.3 Å². The fourth-order valence-corrected chi connectivity index (χ4v) is 2.05. The number of carbonyl (C=O) groups excluding carboxylic acids is 1. The number of amides is 1. The Morgan fingerprint density at radius 1 is 1.37 bits per heavy atom. The number of rotatable bonds is 4. The van der Waals surface area contributed by atoms with E-state index in [9.17, 15) is 4.79 Å². The van der Waals surface area contributed by atoms with Crippen LogP contribution in [0.1, 0.15) is 46.5 Å². The Bertz CT molecular complexity index is 275. The number of aliphatic hydroxyl groups excluding tert-OH is 1. The van der Waals surface area contributed by atoms with E-state index in [2.05, 4.69) is 0 Å². The average molecular weight is 273 g/mol. The van der Waals surface area contributed by atoms with Crippen molar-refractivity contribution in [2.45, 2.75) is 58.2 Å². The molecule has 0 spiro atoms. The zero-order valence-electron chi connectivity index (χ0n) is 12.4. The number of ether oxygens (including phenoxy) is 2. The Hall–Kier alpha value is -0.810. The normalized spacial score (nSPS) is 21.1. The summed E-state index contributed by atoms with van der Waals surface area (Å²) in [5.74, 6) is 0. The van der Waals surface area contributed by atoms with E-state index in [1.807, 2.05) is 20.8 Å². The van der Waals surface area contributed by atoms with Crippen molar-refractivity contribution in [1.82, 2.24) is 4.90 Å². The highest BCUT2D eigenvalue weighted by Crippen LogP contribution is 2.17. The molecule has 0 unspecified atom stereocenters. The second kappa shape index (κ2) is 7.70. The SMILES string of the molecule is CC(C)(C)OC(=O)N1CCCC[C@@H](OCCCO)C1. The van der Waals surface area contributed by atoms with Gasteiger partial charge in [0.05, 0.1) is 12.6 Å². The predicted molar refractivity (Wildman–Crippen MR) is 73.1 cm³/mol. The highest BCUT2D eigenvalue weighted by molar-refractivity contribution is 5.68. The summed E-state index contributed by atoms with van der Waals surface area (Å²) in [4.78, 5) is 13.8. The van der Waals surface area contributed by atoms with Crippen LogP contribution in [0.15, 0.2) is 0 Å². The lowest BCUT2D eigenvalue weighted by molar-refractivity contribution is -0.00135. The minimum Gasteiger partial charge on any atom is -0.444 e. The van der Waals surface area contributed by atoms with Gasteiger partial charge in [-0.15, -0.1) is 0 Å². The standard InChI is InChI=1S/C14H27NO4/c1-14(2,3)19-13(17)15-8-5-4-7-12(11-15)18-10-6-9-16/h12,16H,4-11H2,1-3H3/t12-/m1/s1. The third-order valence-electron chi connectivity index (χ3n) is 2.94. The third kappa shape index (κ3) is 6.78. The Balaban J connectivity index is 2.46. The largest absolute Gasteiger partial charge is 0.444 e. The van der Waals surface area contributed by atoms with Crippen LogP contribution in [-0.2, 0) is 9.47 Å². The van der Waals surface area contributed by atoms with E-state index >= 15 is 0 Å². The molecule has 1 heterocycles. The maximum absolute atomic E-state index is 12.1. The van der Waals surface area contributed by atoms with E-state index in [0.29, 0.717) is 19.6 Å². The minimum atomic E-state index is -0.462. The second-order valence-electron chi connectivity index (χ2n) is 5.99. The van der Waals surface area contributed by atoms with Gasteiger partial charge < -0.3 is 19.5 Å². The summed E-state index contributed by atoms with van der Waals surface area (Å²) in [6.45, 7) is 7.62. The lowest BCUT2D eigenvalue weighted by Gasteiger charge is -2.28. The number of aliphatic hydroxyl groups is 1. The van der Waals surface area contributed by atoms with Gasteiger partial charge in [0.15, 0.2) is 0 Å². The van der Waals surface area contributed by atoms with Crippen LogP contribution in [0.5, 0.6) is 0 Å². The van der Waals surface area contributed by atoms with Crippen LogP contribution < -0.4 is 0 Å². The molecule has 5 heteroatoms. The first kappa shape index (κ1) is 16.2. The van der Waals surface area contributed by atoms with Gasteiger partial charge in [0.25, 0.3) is 0 Å². The van der Waals surface area contributed by atoms with Crippen molar-refractivity contribution in [3.8, 4) is 0 Å². The van der Waals surface area contributed by atoms with Crippen molar-refractivity contribution < 1.29 is 19.4 Å². The number of hydrogen-bond acceptors (Lipinski definition) is 4. The van der Waals surface area contributed by atoms with Crippen LogP contribution in [0, 0.1) is 0 Å². The molecule has 0 saturated carbocycles. The molecule has 0 aromatic rings. The molecule has 0 aromatic carbocycles. The van der Waals surface area contributed by atoms with Crippen LogP contribution in [0.25, 0.3) is 0 Å². The quantitative estimate of drug-likeness (QED) is 0.798. The molecule has 0 aliphatic carbocycles. The highest BCUT2D eigenvalue weighted by Gasteiger charge is 2.26. The molecule has 1 fully saturated rings. The van der Waals surface area contributed by atoms with E-state index in [4.69, 9.17) is 14.6 Å². The molecule has 1 aliphatic rings. The molecule has 112 valence electrons. The van der Waals surface area contributed by atoms with Crippen molar-refractivity contribution >= 4 is 6.09 Å². The molecule has 1 aliphatic heterocycles. The average Bonchev–Trinajstić information content (AvgIpc) is 2.53. The molecule has 1 atom stereocenters. The van der Waals surface area contributed by atoms with Gasteiger partial charge in [0, 0.05) is 19.8 Å². The lowest BCUT2D eigenvalue weighted by Crippen LogP contribution is -2.41. The van der Waals surface area contributed by atoms with Gasteiger partial charge in [-0.3, -0.25) is 0 Å². The van der Waals surface area contributed by atoms with Crippen LogP contribution in [0.3, 0.4) is 0 Å². The Morgan fingerprint density at radius 2 is 2.11 bits per heavy atom. The molecule has 0 radical (unpaired) electrons. The van der Waals surface area contributed by atoms with Gasteiger partial charge in [0.1, 0.15) is 5.60 Å². The molecule has 1 saturated heterocycles. The summed E-state index contributed by atoms with van der Waals surface area (Å²) in [7, 11) is 0. The molecule has 0 aromatic heterocycles. The molecule has 19 heavy (non-hydrogen) atoms. The van der Waals surface area contributed by atoms with Gasteiger partial charge in [-0.25, -0.2) is 4.79 Å². The van der Waals surface area contributed by atoms with Gasteiger partial charge in [-0.1, -0.05) is 0 Å². The van der Waals surface area contributed by atoms with Crippen molar-refractivity contribution in [3.05, 3.63) is 0 Å². The fourth-order valence-electron chi connectivity index (χ4n) is 2.05. The Labute approximate surface area is 115 Å². The summed E-state index contributed by atoms with van der Waals surface area (Å²) < 4.78 is 11.1. The van der Waals surface area contributed by atoms with Gasteiger partial charge >= 0.3 is 6.09 Å². The van der Waals surface area contributed by atoms with Gasteiger partial charge in [-0.05, 0) is 46.5 Å². The number of hydrogen-bond donors (Lipinski definition) is 1. The van der Waals surface area contributed by atoms with E-state index in [1.54, 1.807) is 4.90 Å². The van der Waals surface area contributed by atoms with Gasteiger partial charge in [-0.2, -0.15) is 0 Å². The van der Waals surface area contributed by atoms with E-state index < -0.39 is 5.60 Å². The molecule has 0 bridgehead atoms. The fraction of sp³-hybridized carbons (Fsp3) is 0.929. The summed E-state index contributed by atoms with van der Waals surface area (Å²) in [5, 5.41) is 8.75. The Kier molecular flexibility index (Phi) is 6.58. The summed E-state index contributed by atoms with van der Waals surface area (Å²) >= 11 is 0. The molecule has 5 nitrogen and oxygen atoms in total. The third-order valence-corrected chi connectivity index (χ3v) is 2.94. The van der Waals surface area contributed by atoms with Crippen LogP contribution in [0.2, 0.25) is 0 Å². The molecular formula is C14H27NO4. The first-order valence-corrected chi connectivity index (χ1v) is 7.13. The summed E-state index contributed by atoms with van der Waals surface area (Å²) in [6, 6.07) is 0. The molecule has 1 rings (SSSR count). The first-order chi connectivity index (χ1) is 8.92. The van der Waals surface area contributed by atoms with Gasteiger partial charge in [0.2, 0.25) is 0 Å². The van der Waals surface area contributed by atoms with Crippen LogP contribution in [-0.4, -0.2) is 54.1 Å². The zero-order chi connectivity index (χ0) is 14.3. The van der Waals surface area contributed by atoms with Crippen molar-refractivity contribution in [1.29, 1.82) is 0 Å². The Morgan fingerprint density at radius 3 is 2.74 bits per heavy atom. The molecule has 1 N–H and O–H groups in total. The zero-order valence-corrected chi connectivity index (χ0v) is 12.4. The van der Waals surface area contributed by atoms with Crippen molar-refractivity contribution in [2.24, 2.45) is 0 Å². The summed E-state index contributed by atoms with van der Waals surface area (Å²) in [5.41, 5.74) is -0.462. The topological polar surface area (TPSA) is 59.0 Å². The van der Waals surface area contributed by atoms with E-state index in [0.717, 1.165) is 25.8 Å². The second-order valence-corrected chi connectivity index (χ2v) is 5.99. The molecular weight excluding hydrogens is 246 g/mol. The van der Waals surface area contributed by atoms with Crippen molar-refractivity contribution in [3.63, 3.8) is 0 Å².